The van der Waals surface area contributed by atoms with Crippen LogP contribution in [0, 0.1) is 11.3 Å². The summed E-state index contributed by atoms with van der Waals surface area (Å²) in [4.78, 5) is 32.7. The van der Waals surface area contributed by atoms with E-state index in [-0.39, 0.29) is 0 Å². The van der Waals surface area contributed by atoms with Gasteiger partial charge in [0, 0.05) is 28.9 Å². The van der Waals surface area contributed by atoms with E-state index in [4.69, 9.17) is 20.7 Å². The maximum absolute atomic E-state index is 12.0. The van der Waals surface area contributed by atoms with E-state index in [1.165, 1.54) is 0 Å². The van der Waals surface area contributed by atoms with Gasteiger partial charge in [0.05, 0.1) is 22.5 Å². The molecule has 1 aliphatic carbocycles. The van der Waals surface area contributed by atoms with Crippen LogP contribution in [0.4, 0.5) is 0 Å². The molecule has 0 saturated heterocycles. The highest BCUT2D eigenvalue weighted by Gasteiger charge is 2.62. The highest BCUT2D eigenvalue weighted by Crippen LogP contribution is 2.54. The molecule has 0 radical (unpaired) electrons. The van der Waals surface area contributed by atoms with Crippen LogP contribution in [-0.2, 0) is 22.6 Å². The number of amides is 2. The average Bonchev–Trinajstić information content (AvgIpc) is 3.63. The Morgan fingerprint density at radius 1 is 1.11 bits per heavy atom. The zero-order valence-electron chi connectivity index (χ0n) is 18.8. The maximum Gasteiger partial charge on any atom is 0.247 e. The molecule has 1 fully saturated rings. The molecule has 5 rings (SSSR count). The SMILES string of the molecule is NC(=O)C1(Cc2ccc(OCc3cc(-c4cccnc4)nc4ccccc34)cc2)CC1C(=O)NO. The van der Waals surface area contributed by atoms with E-state index in [0.29, 0.717) is 25.2 Å². The monoisotopic (exact) mass is 468 g/mol. The minimum Gasteiger partial charge on any atom is -0.489 e. The Hall–Kier alpha value is -4.30. The van der Waals surface area contributed by atoms with E-state index in [2.05, 4.69) is 4.98 Å². The number of para-hydroxylation sites is 1. The number of nitrogens with zero attached hydrogens (tertiary/aromatic N) is 2. The van der Waals surface area contributed by atoms with Crippen molar-refractivity contribution in [3.8, 4) is 17.0 Å². The van der Waals surface area contributed by atoms with Crippen molar-refractivity contribution < 1.29 is 19.5 Å². The number of pyridine rings is 2. The van der Waals surface area contributed by atoms with E-state index in [0.717, 1.165) is 33.3 Å². The zero-order valence-corrected chi connectivity index (χ0v) is 18.8. The van der Waals surface area contributed by atoms with E-state index in [1.54, 1.807) is 17.9 Å². The highest BCUT2D eigenvalue weighted by atomic mass is 16.5. The number of hydroxylamine groups is 1. The largest absolute Gasteiger partial charge is 0.489 e. The third-order valence-corrected chi connectivity index (χ3v) is 6.59. The molecule has 0 bridgehead atoms. The fraction of sp³-hybridized carbons (Fsp3) is 0.185. The second kappa shape index (κ2) is 9.15. The van der Waals surface area contributed by atoms with Gasteiger partial charge in [-0.05, 0) is 54.8 Å². The third-order valence-electron chi connectivity index (χ3n) is 6.59. The van der Waals surface area contributed by atoms with Crippen LogP contribution in [0.25, 0.3) is 22.2 Å². The normalized spacial score (nSPS) is 18.7. The molecule has 2 amide bonds. The Morgan fingerprint density at radius 2 is 1.91 bits per heavy atom. The molecule has 0 aliphatic heterocycles. The summed E-state index contributed by atoms with van der Waals surface area (Å²) in [5.41, 5.74) is 10.7. The number of hydrogen-bond acceptors (Lipinski definition) is 6. The van der Waals surface area contributed by atoms with Gasteiger partial charge < -0.3 is 10.5 Å². The predicted molar refractivity (Wildman–Crippen MR) is 129 cm³/mol. The van der Waals surface area contributed by atoms with Crippen molar-refractivity contribution >= 4 is 22.7 Å². The second-order valence-electron chi connectivity index (χ2n) is 8.79. The molecular weight excluding hydrogens is 444 g/mol. The van der Waals surface area contributed by atoms with Gasteiger partial charge in [-0.3, -0.25) is 19.8 Å². The van der Waals surface area contributed by atoms with Gasteiger partial charge in [0.1, 0.15) is 12.4 Å². The molecule has 2 atom stereocenters. The van der Waals surface area contributed by atoms with Gasteiger partial charge in [-0.25, -0.2) is 10.5 Å². The molecule has 176 valence electrons. The Bertz CT molecular complexity index is 1390. The van der Waals surface area contributed by atoms with Gasteiger partial charge in [0.25, 0.3) is 0 Å². The number of aromatic nitrogens is 2. The van der Waals surface area contributed by atoms with Crippen molar-refractivity contribution in [1.82, 2.24) is 15.4 Å². The Kier molecular flexibility index (Phi) is 5.88. The Morgan fingerprint density at radius 3 is 2.63 bits per heavy atom. The van der Waals surface area contributed by atoms with Crippen molar-refractivity contribution in [2.45, 2.75) is 19.4 Å². The van der Waals surface area contributed by atoms with Crippen molar-refractivity contribution in [3.63, 3.8) is 0 Å². The summed E-state index contributed by atoms with van der Waals surface area (Å²) in [5, 5.41) is 9.90. The fourth-order valence-corrected chi connectivity index (χ4v) is 4.54. The number of nitrogens with two attached hydrogens (primary N) is 1. The molecule has 0 spiro atoms. The number of benzene rings is 2. The number of carbonyl (C=O) groups excluding carboxylic acids is 2. The van der Waals surface area contributed by atoms with Crippen LogP contribution >= 0.6 is 0 Å². The van der Waals surface area contributed by atoms with Crippen molar-refractivity contribution in [2.75, 3.05) is 0 Å². The topological polar surface area (TPSA) is 127 Å². The molecule has 1 saturated carbocycles. The molecule has 2 unspecified atom stereocenters. The molecule has 2 aromatic heterocycles. The molecule has 4 N–H and O–H groups in total. The first-order valence-electron chi connectivity index (χ1n) is 11.2. The van der Waals surface area contributed by atoms with Crippen LogP contribution in [0.2, 0.25) is 0 Å². The molecular formula is C27H24N4O4. The molecule has 8 heteroatoms. The first-order valence-corrected chi connectivity index (χ1v) is 11.2. The zero-order chi connectivity index (χ0) is 24.4. The summed E-state index contributed by atoms with van der Waals surface area (Å²) < 4.78 is 6.08. The van der Waals surface area contributed by atoms with Crippen LogP contribution in [0.15, 0.2) is 79.1 Å². The van der Waals surface area contributed by atoms with Gasteiger partial charge in [-0.2, -0.15) is 0 Å². The molecule has 1 aliphatic rings. The van der Waals surface area contributed by atoms with E-state index >= 15 is 0 Å². The van der Waals surface area contributed by atoms with Crippen LogP contribution in [0.5, 0.6) is 5.75 Å². The number of primary amides is 1. The van der Waals surface area contributed by atoms with Crippen molar-refractivity contribution in [3.05, 3.63) is 90.3 Å². The molecule has 35 heavy (non-hydrogen) atoms. The Labute approximate surface area is 201 Å². The van der Waals surface area contributed by atoms with Gasteiger partial charge in [0.2, 0.25) is 11.8 Å². The standard InChI is InChI=1S/C27H24N4O4/c28-26(33)27(14-22(27)25(32)31-34)13-17-7-9-20(10-8-17)35-16-19-12-24(18-4-3-11-29-15-18)30-23-6-2-1-5-21(19)23/h1-12,15,22,34H,13-14,16H2,(H2,28,33)(H,31,32). The summed E-state index contributed by atoms with van der Waals surface area (Å²) >= 11 is 0. The summed E-state index contributed by atoms with van der Waals surface area (Å²) in [6.07, 6.45) is 4.16. The average molecular weight is 469 g/mol. The van der Waals surface area contributed by atoms with E-state index in [9.17, 15) is 9.59 Å². The number of carbonyl (C=O) groups is 2. The molecule has 2 aromatic carbocycles. The molecule has 2 heterocycles. The van der Waals surface area contributed by atoms with Crippen LogP contribution in [0.1, 0.15) is 17.5 Å². The Balaban J connectivity index is 1.33. The van der Waals surface area contributed by atoms with Crippen LogP contribution < -0.4 is 16.0 Å². The lowest BCUT2D eigenvalue weighted by Crippen LogP contribution is -2.33. The lowest BCUT2D eigenvalue weighted by atomic mass is 9.93. The summed E-state index contributed by atoms with van der Waals surface area (Å²) in [6.45, 7) is 0.347. The summed E-state index contributed by atoms with van der Waals surface area (Å²) in [7, 11) is 0. The number of ether oxygens (including phenoxy) is 1. The van der Waals surface area contributed by atoms with E-state index in [1.807, 2.05) is 66.7 Å². The van der Waals surface area contributed by atoms with E-state index < -0.39 is 23.1 Å². The van der Waals surface area contributed by atoms with Gasteiger partial charge in [0.15, 0.2) is 0 Å². The van der Waals surface area contributed by atoms with Gasteiger partial charge in [-0.15, -0.1) is 0 Å². The predicted octanol–water partition coefficient (Wildman–Crippen LogP) is 3.42. The highest BCUT2D eigenvalue weighted by molar-refractivity contribution is 5.95. The number of nitrogens with one attached hydrogen (secondary N) is 1. The quantitative estimate of drug-likeness (QED) is 0.269. The number of hydrogen-bond donors (Lipinski definition) is 3. The second-order valence-corrected chi connectivity index (χ2v) is 8.79. The summed E-state index contributed by atoms with van der Waals surface area (Å²) in [5.74, 6) is -1.07. The fourth-order valence-electron chi connectivity index (χ4n) is 4.54. The first kappa shape index (κ1) is 22.5. The number of rotatable bonds is 8. The van der Waals surface area contributed by atoms with Gasteiger partial charge in [-0.1, -0.05) is 30.3 Å². The molecule has 4 aromatic rings. The lowest BCUT2D eigenvalue weighted by Gasteiger charge is -2.14. The minimum atomic E-state index is -0.964. The number of fused-ring (bicyclic) bond motifs is 1. The van der Waals surface area contributed by atoms with Crippen LogP contribution in [0.3, 0.4) is 0 Å². The lowest BCUT2D eigenvalue weighted by molar-refractivity contribution is -0.134. The summed E-state index contributed by atoms with van der Waals surface area (Å²) in [6, 6.07) is 21.2. The molecule has 8 nitrogen and oxygen atoms in total. The minimum absolute atomic E-state index is 0.321. The maximum atomic E-state index is 12.0. The first-order chi connectivity index (χ1) is 17.0. The van der Waals surface area contributed by atoms with Crippen molar-refractivity contribution in [1.29, 1.82) is 0 Å². The van der Waals surface area contributed by atoms with Crippen molar-refractivity contribution in [2.24, 2.45) is 17.1 Å². The van der Waals surface area contributed by atoms with Crippen LogP contribution in [-0.4, -0.2) is 27.0 Å². The van der Waals surface area contributed by atoms with Gasteiger partial charge >= 0.3 is 0 Å². The third kappa shape index (κ3) is 4.43. The smallest absolute Gasteiger partial charge is 0.247 e.